The van der Waals surface area contributed by atoms with Gasteiger partial charge in [-0.1, -0.05) is 19.9 Å². The van der Waals surface area contributed by atoms with Crippen LogP contribution in [0.5, 0.6) is 0 Å². The van der Waals surface area contributed by atoms with Crippen LogP contribution < -0.4 is 5.32 Å². The first-order valence-corrected chi connectivity index (χ1v) is 9.23. The number of ether oxygens (including phenoxy) is 1. The summed E-state index contributed by atoms with van der Waals surface area (Å²) < 4.78 is 5.54. The number of carbonyl (C=O) groups is 1. The molecule has 0 saturated carbocycles. The molecule has 5 heteroatoms. The minimum atomic E-state index is 0.138. The van der Waals surface area contributed by atoms with Gasteiger partial charge in [-0.3, -0.25) is 4.79 Å². The van der Waals surface area contributed by atoms with Crippen LogP contribution in [0.3, 0.4) is 0 Å². The van der Waals surface area contributed by atoms with Crippen LogP contribution in [0.25, 0.3) is 0 Å². The molecule has 0 aliphatic carbocycles. The van der Waals surface area contributed by atoms with E-state index in [-0.39, 0.29) is 5.91 Å². The van der Waals surface area contributed by atoms with Crippen LogP contribution in [0.4, 0.5) is 0 Å². The Morgan fingerprint density at radius 1 is 1.27 bits per heavy atom. The third-order valence-electron chi connectivity index (χ3n) is 3.67. The molecule has 1 rings (SSSR count). The lowest BCUT2D eigenvalue weighted by atomic mass is 10.1. The number of hydrogen-bond donors (Lipinski definition) is 1. The van der Waals surface area contributed by atoms with E-state index in [4.69, 9.17) is 4.74 Å². The lowest BCUT2D eigenvalue weighted by molar-refractivity contribution is -0.121. The van der Waals surface area contributed by atoms with Crippen LogP contribution in [0.15, 0.2) is 17.5 Å². The van der Waals surface area contributed by atoms with Gasteiger partial charge in [0.15, 0.2) is 0 Å². The number of carbonyl (C=O) groups excluding carboxylic acids is 1. The number of hydrogen-bond acceptors (Lipinski definition) is 4. The highest BCUT2D eigenvalue weighted by Gasteiger charge is 2.02. The molecule has 0 unspecified atom stereocenters. The van der Waals surface area contributed by atoms with E-state index in [1.807, 2.05) is 0 Å². The number of nitrogens with one attached hydrogen (secondary N) is 1. The van der Waals surface area contributed by atoms with E-state index in [9.17, 15) is 4.79 Å². The van der Waals surface area contributed by atoms with Crippen LogP contribution in [0.1, 0.15) is 38.0 Å². The average Bonchev–Trinajstić information content (AvgIpc) is 3.04. The van der Waals surface area contributed by atoms with Gasteiger partial charge < -0.3 is 15.0 Å². The second-order valence-electron chi connectivity index (χ2n) is 5.28. The Morgan fingerprint density at radius 3 is 2.77 bits per heavy atom. The number of aryl methyl sites for hydroxylation is 1. The fraction of sp³-hybridized carbons (Fsp3) is 0.706. The highest BCUT2D eigenvalue weighted by Crippen LogP contribution is 2.12. The van der Waals surface area contributed by atoms with Gasteiger partial charge in [-0.15, -0.1) is 11.3 Å². The fourth-order valence-electron chi connectivity index (χ4n) is 2.23. The SMILES string of the molecule is CCN(CC)CCOCCNC(=O)CCCCc1cccs1. The van der Waals surface area contributed by atoms with Gasteiger partial charge in [-0.05, 0) is 43.8 Å². The number of thiophene rings is 1. The molecule has 0 aliphatic heterocycles. The van der Waals surface area contributed by atoms with Crippen molar-refractivity contribution in [3.8, 4) is 0 Å². The third-order valence-corrected chi connectivity index (χ3v) is 4.61. The lowest BCUT2D eigenvalue weighted by Crippen LogP contribution is -2.30. The molecule has 1 amide bonds. The highest BCUT2D eigenvalue weighted by molar-refractivity contribution is 7.09. The van der Waals surface area contributed by atoms with Crippen molar-refractivity contribution in [2.75, 3.05) is 39.4 Å². The minimum absolute atomic E-state index is 0.138. The molecule has 1 aromatic rings. The van der Waals surface area contributed by atoms with Crippen LogP contribution in [0.2, 0.25) is 0 Å². The van der Waals surface area contributed by atoms with Gasteiger partial charge in [0.25, 0.3) is 0 Å². The van der Waals surface area contributed by atoms with Gasteiger partial charge in [0.1, 0.15) is 0 Å². The molecule has 4 nitrogen and oxygen atoms in total. The Morgan fingerprint density at radius 2 is 2.09 bits per heavy atom. The van der Waals surface area contributed by atoms with Crippen LogP contribution in [-0.2, 0) is 16.0 Å². The van der Waals surface area contributed by atoms with Gasteiger partial charge in [0.05, 0.1) is 13.2 Å². The number of unbranched alkanes of at least 4 members (excludes halogenated alkanes) is 1. The van der Waals surface area contributed by atoms with Crippen molar-refractivity contribution in [2.45, 2.75) is 39.5 Å². The average molecular weight is 327 g/mol. The highest BCUT2D eigenvalue weighted by atomic mass is 32.1. The zero-order valence-electron chi connectivity index (χ0n) is 14.0. The molecule has 126 valence electrons. The Bertz CT molecular complexity index is 378. The molecule has 0 aliphatic rings. The summed E-state index contributed by atoms with van der Waals surface area (Å²) in [7, 11) is 0. The smallest absolute Gasteiger partial charge is 0.220 e. The molecule has 0 spiro atoms. The molecule has 1 N–H and O–H groups in total. The number of amides is 1. The van der Waals surface area contributed by atoms with E-state index >= 15 is 0 Å². The Kier molecular flexibility index (Phi) is 11.0. The van der Waals surface area contributed by atoms with Gasteiger partial charge in [-0.25, -0.2) is 0 Å². The fourth-order valence-corrected chi connectivity index (χ4v) is 2.98. The molecular weight excluding hydrogens is 296 g/mol. The molecule has 1 heterocycles. The number of likely N-dealkylation sites (N-methyl/N-ethyl adjacent to an activating group) is 1. The van der Waals surface area contributed by atoms with Gasteiger partial charge >= 0.3 is 0 Å². The maximum absolute atomic E-state index is 11.7. The molecule has 0 saturated heterocycles. The summed E-state index contributed by atoms with van der Waals surface area (Å²) in [4.78, 5) is 15.4. The second-order valence-corrected chi connectivity index (χ2v) is 6.31. The molecule has 0 radical (unpaired) electrons. The summed E-state index contributed by atoms with van der Waals surface area (Å²) in [6.07, 6.45) is 3.73. The molecule has 0 fully saturated rings. The topological polar surface area (TPSA) is 41.6 Å². The minimum Gasteiger partial charge on any atom is -0.378 e. The van der Waals surface area contributed by atoms with Crippen LogP contribution >= 0.6 is 11.3 Å². The number of rotatable bonds is 13. The first-order valence-electron chi connectivity index (χ1n) is 8.35. The normalized spacial score (nSPS) is 11.0. The van der Waals surface area contributed by atoms with Crippen molar-refractivity contribution >= 4 is 17.2 Å². The van der Waals surface area contributed by atoms with E-state index < -0.39 is 0 Å². The lowest BCUT2D eigenvalue weighted by Gasteiger charge is -2.17. The van der Waals surface area contributed by atoms with Crippen molar-refractivity contribution in [1.29, 1.82) is 0 Å². The first-order chi connectivity index (χ1) is 10.8. The maximum Gasteiger partial charge on any atom is 0.220 e. The molecule has 0 atom stereocenters. The molecule has 0 aromatic carbocycles. The van der Waals surface area contributed by atoms with E-state index in [0.29, 0.717) is 19.6 Å². The Balaban J connectivity index is 1.88. The van der Waals surface area contributed by atoms with E-state index in [0.717, 1.165) is 45.5 Å². The molecule has 0 bridgehead atoms. The molecule has 1 aromatic heterocycles. The largest absolute Gasteiger partial charge is 0.378 e. The van der Waals surface area contributed by atoms with E-state index in [1.165, 1.54) is 4.88 Å². The van der Waals surface area contributed by atoms with Crippen LogP contribution in [0, 0.1) is 0 Å². The van der Waals surface area contributed by atoms with Crippen molar-refractivity contribution < 1.29 is 9.53 Å². The number of nitrogens with zero attached hydrogens (tertiary/aromatic N) is 1. The summed E-state index contributed by atoms with van der Waals surface area (Å²) >= 11 is 1.79. The Labute approximate surface area is 138 Å². The molecular formula is C17H30N2O2S. The zero-order valence-corrected chi connectivity index (χ0v) is 14.8. The standard InChI is InChI=1S/C17H30N2O2S/c1-3-19(4-2)12-14-21-13-11-18-17(20)10-6-5-8-16-9-7-15-22-16/h7,9,15H,3-6,8,10-14H2,1-2H3,(H,18,20). The summed E-state index contributed by atoms with van der Waals surface area (Å²) in [6.45, 7) is 9.33. The van der Waals surface area contributed by atoms with Gasteiger partial charge in [0, 0.05) is 24.4 Å². The van der Waals surface area contributed by atoms with Gasteiger partial charge in [-0.2, -0.15) is 0 Å². The Hall–Kier alpha value is -0.910. The summed E-state index contributed by atoms with van der Waals surface area (Å²) in [5.41, 5.74) is 0. The first kappa shape index (κ1) is 19.1. The van der Waals surface area contributed by atoms with Crippen molar-refractivity contribution in [3.05, 3.63) is 22.4 Å². The van der Waals surface area contributed by atoms with Crippen molar-refractivity contribution in [1.82, 2.24) is 10.2 Å². The van der Waals surface area contributed by atoms with E-state index in [2.05, 4.69) is 41.6 Å². The summed E-state index contributed by atoms with van der Waals surface area (Å²) in [5, 5.41) is 5.02. The van der Waals surface area contributed by atoms with Crippen molar-refractivity contribution in [2.24, 2.45) is 0 Å². The second kappa shape index (κ2) is 12.6. The van der Waals surface area contributed by atoms with Crippen molar-refractivity contribution in [3.63, 3.8) is 0 Å². The monoisotopic (exact) mass is 326 g/mol. The summed E-state index contributed by atoms with van der Waals surface area (Å²) in [6, 6.07) is 4.23. The zero-order chi connectivity index (χ0) is 16.0. The van der Waals surface area contributed by atoms with E-state index in [1.54, 1.807) is 11.3 Å². The predicted octanol–water partition coefficient (Wildman–Crippen LogP) is 2.94. The quantitative estimate of drug-likeness (QED) is 0.567. The third kappa shape index (κ3) is 9.18. The predicted molar refractivity (Wildman–Crippen MR) is 93.5 cm³/mol. The van der Waals surface area contributed by atoms with Gasteiger partial charge in [0.2, 0.25) is 5.91 Å². The summed E-state index contributed by atoms with van der Waals surface area (Å²) in [5.74, 6) is 0.138. The maximum atomic E-state index is 11.7. The van der Waals surface area contributed by atoms with Crippen LogP contribution in [-0.4, -0.2) is 50.2 Å². The molecule has 22 heavy (non-hydrogen) atoms.